The highest BCUT2D eigenvalue weighted by atomic mass is 16.1. The zero-order valence-corrected chi connectivity index (χ0v) is 10.9. The number of hydrogen-bond donors (Lipinski definition) is 2. The van der Waals surface area contributed by atoms with Gasteiger partial charge in [-0.15, -0.1) is 0 Å². The number of nitrogens with two attached hydrogens (primary N) is 1. The van der Waals surface area contributed by atoms with Gasteiger partial charge in [0.2, 0.25) is 0 Å². The van der Waals surface area contributed by atoms with Crippen LogP contribution in [0.15, 0.2) is 24.4 Å². The molecular formula is C14H21N3O. The van der Waals surface area contributed by atoms with Crippen molar-refractivity contribution in [2.75, 3.05) is 12.3 Å². The first-order valence-corrected chi connectivity index (χ1v) is 6.59. The Kier molecular flexibility index (Phi) is 4.07. The summed E-state index contributed by atoms with van der Waals surface area (Å²) in [7, 11) is 0. The Bertz CT molecular complexity index is 448. The lowest BCUT2D eigenvalue weighted by molar-refractivity contribution is 0.0937. The van der Waals surface area contributed by atoms with Crippen LogP contribution in [0.2, 0.25) is 0 Å². The Balaban J connectivity index is 1.92. The Hall–Kier alpha value is -1.71. The molecule has 1 aromatic rings. The number of carbonyl (C=O) groups is 1. The van der Waals surface area contributed by atoms with Gasteiger partial charge in [0.15, 0.2) is 0 Å². The van der Waals surface area contributed by atoms with Crippen LogP contribution in [-0.2, 0) is 6.54 Å². The number of aryl methyl sites for hydroxylation is 1. The molecule has 0 aliphatic heterocycles. The number of carbonyl (C=O) groups excluding carboxylic acids is 1. The second kappa shape index (κ2) is 5.76. The third-order valence-corrected chi connectivity index (χ3v) is 3.42. The molecular weight excluding hydrogens is 226 g/mol. The number of nitrogen functional groups attached to an aromatic ring is 1. The predicted octanol–water partition coefficient (Wildman–Crippen LogP) is 2.18. The van der Waals surface area contributed by atoms with E-state index in [-0.39, 0.29) is 5.91 Å². The zero-order chi connectivity index (χ0) is 13.0. The van der Waals surface area contributed by atoms with Gasteiger partial charge in [0.1, 0.15) is 5.69 Å². The number of anilines is 1. The minimum atomic E-state index is -0.0249. The summed E-state index contributed by atoms with van der Waals surface area (Å²) in [5.74, 6) is 0.546. The van der Waals surface area contributed by atoms with Crippen LogP contribution in [0.25, 0.3) is 0 Å². The average molecular weight is 247 g/mol. The van der Waals surface area contributed by atoms with E-state index in [1.54, 1.807) is 12.3 Å². The highest BCUT2D eigenvalue weighted by molar-refractivity contribution is 5.93. The molecule has 18 heavy (non-hydrogen) atoms. The van der Waals surface area contributed by atoms with E-state index in [2.05, 4.69) is 17.5 Å². The molecule has 1 aliphatic carbocycles. The molecule has 1 heterocycles. The van der Waals surface area contributed by atoms with E-state index in [0.29, 0.717) is 17.3 Å². The highest BCUT2D eigenvalue weighted by Crippen LogP contribution is 2.17. The molecule has 1 amide bonds. The molecule has 0 aromatic carbocycles. The summed E-state index contributed by atoms with van der Waals surface area (Å²) in [4.78, 5) is 12.1. The quantitative estimate of drug-likeness (QED) is 0.801. The fourth-order valence-electron chi connectivity index (χ4n) is 2.35. The van der Waals surface area contributed by atoms with E-state index in [9.17, 15) is 4.79 Å². The lowest BCUT2D eigenvalue weighted by atomic mass is 9.94. The first kappa shape index (κ1) is 12.7. The number of nitrogens with zero attached hydrogens (tertiary/aromatic N) is 1. The Morgan fingerprint density at radius 3 is 3.06 bits per heavy atom. The molecule has 1 unspecified atom stereocenters. The monoisotopic (exact) mass is 247 g/mol. The van der Waals surface area contributed by atoms with Crippen molar-refractivity contribution in [3.8, 4) is 0 Å². The van der Waals surface area contributed by atoms with E-state index in [1.807, 2.05) is 11.5 Å². The highest BCUT2D eigenvalue weighted by Gasteiger charge is 2.15. The largest absolute Gasteiger partial charge is 0.397 e. The molecule has 4 nitrogen and oxygen atoms in total. The van der Waals surface area contributed by atoms with Crippen LogP contribution in [0.1, 0.15) is 36.7 Å². The maximum Gasteiger partial charge on any atom is 0.267 e. The van der Waals surface area contributed by atoms with Crippen LogP contribution in [0, 0.1) is 5.92 Å². The first-order chi connectivity index (χ1) is 8.70. The summed E-state index contributed by atoms with van der Waals surface area (Å²) in [6.07, 6.45) is 9.57. The van der Waals surface area contributed by atoms with Gasteiger partial charge in [0, 0.05) is 19.3 Å². The summed E-state index contributed by atoms with van der Waals surface area (Å²) in [6.45, 7) is 3.51. The van der Waals surface area contributed by atoms with Crippen molar-refractivity contribution in [3.63, 3.8) is 0 Å². The molecule has 0 radical (unpaired) electrons. The first-order valence-electron chi connectivity index (χ1n) is 6.59. The third-order valence-electron chi connectivity index (χ3n) is 3.42. The molecule has 1 aliphatic rings. The minimum absolute atomic E-state index is 0.0249. The van der Waals surface area contributed by atoms with E-state index in [0.717, 1.165) is 32.4 Å². The zero-order valence-electron chi connectivity index (χ0n) is 10.9. The van der Waals surface area contributed by atoms with Gasteiger partial charge in [-0.1, -0.05) is 12.2 Å². The van der Waals surface area contributed by atoms with Crippen molar-refractivity contribution < 1.29 is 4.79 Å². The maximum absolute atomic E-state index is 12.1. The molecule has 1 atom stereocenters. The normalized spacial score (nSPS) is 18.8. The molecule has 1 aromatic heterocycles. The lowest BCUT2D eigenvalue weighted by Gasteiger charge is -2.18. The van der Waals surface area contributed by atoms with Crippen LogP contribution < -0.4 is 11.1 Å². The van der Waals surface area contributed by atoms with Crippen molar-refractivity contribution in [2.45, 2.75) is 32.7 Å². The molecule has 0 fully saturated rings. The van der Waals surface area contributed by atoms with Crippen LogP contribution in [0.5, 0.6) is 0 Å². The van der Waals surface area contributed by atoms with E-state index >= 15 is 0 Å². The van der Waals surface area contributed by atoms with Gasteiger partial charge in [-0.2, -0.15) is 0 Å². The molecule has 0 spiro atoms. The smallest absolute Gasteiger partial charge is 0.267 e. The topological polar surface area (TPSA) is 60.0 Å². The molecule has 0 saturated heterocycles. The van der Waals surface area contributed by atoms with Crippen molar-refractivity contribution >= 4 is 11.6 Å². The van der Waals surface area contributed by atoms with Crippen LogP contribution in [0.4, 0.5) is 5.69 Å². The molecule has 2 rings (SSSR count). The third kappa shape index (κ3) is 2.94. The Morgan fingerprint density at radius 1 is 1.56 bits per heavy atom. The summed E-state index contributed by atoms with van der Waals surface area (Å²) < 4.78 is 1.88. The molecule has 4 heteroatoms. The minimum Gasteiger partial charge on any atom is -0.397 e. The number of aromatic nitrogens is 1. The van der Waals surface area contributed by atoms with Gasteiger partial charge in [-0.05, 0) is 38.2 Å². The van der Waals surface area contributed by atoms with Crippen molar-refractivity contribution in [1.29, 1.82) is 0 Å². The molecule has 0 saturated carbocycles. The van der Waals surface area contributed by atoms with Crippen molar-refractivity contribution in [3.05, 3.63) is 30.1 Å². The number of rotatable bonds is 4. The summed E-state index contributed by atoms with van der Waals surface area (Å²) in [6, 6.07) is 1.74. The van der Waals surface area contributed by atoms with E-state index in [1.165, 1.54) is 0 Å². The van der Waals surface area contributed by atoms with Crippen LogP contribution >= 0.6 is 0 Å². The average Bonchev–Trinajstić information content (AvgIpc) is 2.78. The molecule has 3 N–H and O–H groups in total. The van der Waals surface area contributed by atoms with Gasteiger partial charge in [-0.3, -0.25) is 4.79 Å². The standard InChI is InChI=1S/C14H21N3O/c1-2-17-10-12(15)8-13(17)14(18)16-9-11-6-4-3-5-7-11/h3-4,8,10-11H,2,5-7,9,15H2,1H3,(H,16,18). The fourth-order valence-corrected chi connectivity index (χ4v) is 2.35. The van der Waals surface area contributed by atoms with Crippen LogP contribution in [0.3, 0.4) is 0 Å². The van der Waals surface area contributed by atoms with Gasteiger partial charge in [0.25, 0.3) is 5.91 Å². The molecule has 0 bridgehead atoms. The fraction of sp³-hybridized carbons (Fsp3) is 0.500. The molecule has 98 valence electrons. The SMILES string of the molecule is CCn1cc(N)cc1C(=O)NCC1CC=CCC1. The van der Waals surface area contributed by atoms with Gasteiger partial charge >= 0.3 is 0 Å². The number of nitrogens with one attached hydrogen (secondary N) is 1. The number of amides is 1. The summed E-state index contributed by atoms with van der Waals surface area (Å²) in [5, 5.41) is 3.01. The van der Waals surface area contributed by atoms with E-state index < -0.39 is 0 Å². The summed E-state index contributed by atoms with van der Waals surface area (Å²) >= 11 is 0. The summed E-state index contributed by atoms with van der Waals surface area (Å²) in [5.41, 5.74) is 7.02. The number of allylic oxidation sites excluding steroid dienone is 2. The Labute approximate surface area is 108 Å². The van der Waals surface area contributed by atoms with Crippen molar-refractivity contribution in [1.82, 2.24) is 9.88 Å². The van der Waals surface area contributed by atoms with Gasteiger partial charge < -0.3 is 15.6 Å². The van der Waals surface area contributed by atoms with Gasteiger partial charge in [-0.25, -0.2) is 0 Å². The second-order valence-corrected chi connectivity index (χ2v) is 4.81. The lowest BCUT2D eigenvalue weighted by Crippen LogP contribution is -2.31. The number of hydrogen-bond acceptors (Lipinski definition) is 2. The van der Waals surface area contributed by atoms with E-state index in [4.69, 9.17) is 5.73 Å². The van der Waals surface area contributed by atoms with Crippen molar-refractivity contribution in [2.24, 2.45) is 5.92 Å². The maximum atomic E-state index is 12.1. The van der Waals surface area contributed by atoms with Crippen LogP contribution in [-0.4, -0.2) is 17.0 Å². The Morgan fingerprint density at radius 2 is 2.39 bits per heavy atom. The second-order valence-electron chi connectivity index (χ2n) is 4.81. The van der Waals surface area contributed by atoms with Gasteiger partial charge in [0.05, 0.1) is 5.69 Å². The predicted molar refractivity (Wildman–Crippen MR) is 73.3 cm³/mol.